The minimum Gasteiger partial charge on any atom is -0.156 e. The van der Waals surface area contributed by atoms with Gasteiger partial charge in [-0.05, 0) is 214 Å². The number of hydrogen-bond donors (Lipinski definition) is 0. The lowest BCUT2D eigenvalue weighted by atomic mass is 9.75. The molecule has 0 aliphatic heterocycles. The Morgan fingerprint density at radius 3 is 0.651 bits per heavy atom. The summed E-state index contributed by atoms with van der Waals surface area (Å²) in [5, 5.41) is 0. The summed E-state index contributed by atoms with van der Waals surface area (Å²) in [6.45, 7) is 9.42. The highest BCUT2D eigenvalue weighted by molar-refractivity contribution is 5.45. The molecule has 0 aromatic heterocycles. The summed E-state index contributed by atoms with van der Waals surface area (Å²) in [5.74, 6) is 6.42. The summed E-state index contributed by atoms with van der Waals surface area (Å²) in [7, 11) is 0. The van der Waals surface area contributed by atoms with Gasteiger partial charge in [-0.25, -0.2) is 0 Å². The van der Waals surface area contributed by atoms with E-state index in [1.807, 2.05) is 0 Å². The predicted octanol–water partition coefficient (Wildman–Crippen LogP) is 40.2. The zero-order valence-corrected chi connectivity index (χ0v) is 86.8. The number of hydrogen-bond acceptors (Lipinski definition) is 0. The van der Waals surface area contributed by atoms with E-state index < -0.39 is 0 Å². The molecular weight excluding hydrogens is 1750 g/mol. The predicted molar refractivity (Wildman–Crippen MR) is 630 cm³/mol. The molecule has 0 fully saturated rings. The zero-order chi connectivity index (χ0) is 101. The molecule has 13 aromatic rings. The van der Waals surface area contributed by atoms with E-state index in [0.29, 0.717) is 71.0 Å². The van der Waals surface area contributed by atoms with E-state index in [4.69, 9.17) is 0 Å². The van der Waals surface area contributed by atoms with Crippen molar-refractivity contribution >= 4 is 0 Å². The molecule has 0 saturated heterocycles. The van der Waals surface area contributed by atoms with Crippen LogP contribution in [0.1, 0.15) is 274 Å². The molecule has 0 amide bonds. The van der Waals surface area contributed by atoms with Gasteiger partial charge >= 0.3 is 0 Å². The molecule has 12 unspecified atom stereocenters. The van der Waals surface area contributed by atoms with Crippen molar-refractivity contribution in [1.82, 2.24) is 0 Å². The standard InChI is InChI=1S/C40H41.C34H37.C25H27.C24H25.C23H23/c1-32(34-19-9-3-10-20-34)29-39(36-23-13-5-14-24-36)31-40(37-25-15-6-16-26-37)30-38(35-21-11-4-12-22-35)28-27-33-17-7-2-8-18-33;1-28(30-17-8-3-9-18-30)27-34(32-21-12-5-13-22-32)24-14-23-33(31-19-10-4-11-20-31)26-25-29-15-6-2-7-16-29;1-2-22(23-14-8-4-9-15-23)20-25(24-16-10-5-11-17-24)19-18-21-12-6-3-7-13-21;1-20(22-13-7-3-8-14-22)19-24(23-15-9-4-10-16-23)18-17-21-11-5-2-6-12-21;1-4-10-20(11-5-1)16-18-23(22-14-8-3-9-15-22)19-17-21-12-6-2-7-13-21/h2-27,32,38-40H,28-31H2,1H3;2-13,15-22,25,28,33-34H,14,23-24,26-27H2,1H3;3-18,22,25H,2,19-20H2,1H3;2-17,20,24H,18-19H2,1H3;1-16,23H,17-19H2/q5*-1. The summed E-state index contributed by atoms with van der Waals surface area (Å²) in [5.41, 5.74) is 25.4. The van der Waals surface area contributed by atoms with Crippen molar-refractivity contribution in [1.29, 1.82) is 0 Å². The number of benzene rings is 13. The Bertz CT molecular complexity index is 6310. The average molecular weight is 1910 g/mol. The van der Waals surface area contributed by atoms with E-state index in [2.05, 4.69) is 606 Å². The van der Waals surface area contributed by atoms with Crippen LogP contribution in [-0.2, 0) is 6.42 Å². The monoisotopic (exact) mass is 1910 g/mol. The molecule has 0 radical (unpaired) electrons. The molecule has 742 valence electrons. The van der Waals surface area contributed by atoms with Gasteiger partial charge < -0.3 is 0 Å². The van der Waals surface area contributed by atoms with E-state index in [1.165, 1.54) is 145 Å². The van der Waals surface area contributed by atoms with Crippen LogP contribution in [0.2, 0.25) is 0 Å². The van der Waals surface area contributed by atoms with Gasteiger partial charge in [0.15, 0.2) is 0 Å². The molecule has 0 N–H and O–H groups in total. The van der Waals surface area contributed by atoms with Gasteiger partial charge in [0, 0.05) is 0 Å². The number of aryl methyl sites for hydroxylation is 1. The van der Waals surface area contributed by atoms with Gasteiger partial charge in [-0.2, -0.15) is 58.2 Å². The molecule has 0 saturated carbocycles. The Morgan fingerprint density at radius 2 is 0.377 bits per heavy atom. The Hall–Kier alpha value is -14.7. The van der Waals surface area contributed by atoms with Gasteiger partial charge in [0.05, 0.1) is 0 Å². The van der Waals surface area contributed by atoms with Crippen molar-refractivity contribution < 1.29 is 0 Å². The summed E-state index contributed by atoms with van der Waals surface area (Å²) in [6.07, 6.45) is 85.0. The van der Waals surface area contributed by atoms with Gasteiger partial charge in [0.25, 0.3) is 0 Å². The molecule has 146 heavy (non-hydrogen) atoms. The van der Waals surface area contributed by atoms with Crippen molar-refractivity contribution in [3.05, 3.63) is 679 Å². The molecule has 12 atom stereocenters. The maximum atomic E-state index is 2.42. The van der Waals surface area contributed by atoms with E-state index >= 15 is 0 Å². The van der Waals surface area contributed by atoms with Crippen molar-refractivity contribution in [3.8, 4) is 0 Å². The lowest BCUT2D eigenvalue weighted by Gasteiger charge is -2.30. The first-order chi connectivity index (χ1) is 72.2. The summed E-state index contributed by atoms with van der Waals surface area (Å²) < 4.78 is 0. The SMILES string of the molecule is C1=C[CH-]C(=CCC(CCc2ccccc2)c2ccccc2)C=C1.CC(CC(CC(CC(CC=C1C=CC=C[CH-]1)c1ccccc1)c1ccccc1)c1ccccc1)c1ccccc1.CC(CC(CC=C1C=CC=C[CH-]1)c1ccccc1)c1ccccc1.CC(CC(CCCC(CC=C1C=CC=C[CH-]1)c1ccccc1)c1ccccc1)c1ccccc1.CCC(CC(CC=C1C=CC=C[CH-]1)c1ccccc1)c1ccccc1. The molecule has 18 rings (SSSR count). The second-order valence-corrected chi connectivity index (χ2v) is 39.9. The number of allylic oxidation sites excluding steroid dienone is 30. The van der Waals surface area contributed by atoms with Gasteiger partial charge in [0.1, 0.15) is 0 Å². The molecular formula is C146H153-5. The molecule has 5 aliphatic carbocycles. The van der Waals surface area contributed by atoms with Crippen molar-refractivity contribution in [2.45, 2.75) is 208 Å². The lowest BCUT2D eigenvalue weighted by molar-refractivity contribution is 0.433. The van der Waals surface area contributed by atoms with Gasteiger partial charge in [-0.1, -0.05) is 461 Å². The zero-order valence-electron chi connectivity index (χ0n) is 86.8. The minimum absolute atomic E-state index is 0.453. The van der Waals surface area contributed by atoms with Crippen molar-refractivity contribution in [2.24, 2.45) is 0 Å². The van der Waals surface area contributed by atoms with Gasteiger partial charge in [-0.3, -0.25) is 0 Å². The lowest BCUT2D eigenvalue weighted by Crippen LogP contribution is -2.13. The van der Waals surface area contributed by atoms with Crippen LogP contribution < -0.4 is 0 Å². The molecule has 0 bridgehead atoms. The Labute approximate surface area is 880 Å². The smallest absolute Gasteiger partial charge is 0.0150 e. The Morgan fingerprint density at radius 1 is 0.185 bits per heavy atom. The summed E-state index contributed by atoms with van der Waals surface area (Å²) in [6, 6.07) is 143. The maximum Gasteiger partial charge on any atom is -0.0150 e. The average Bonchev–Trinajstić information content (AvgIpc) is 0.843. The molecule has 13 aromatic carbocycles. The first-order valence-electron chi connectivity index (χ1n) is 54.2. The van der Waals surface area contributed by atoms with Crippen LogP contribution in [-0.4, -0.2) is 0 Å². The van der Waals surface area contributed by atoms with Crippen LogP contribution in [0.4, 0.5) is 0 Å². The van der Waals surface area contributed by atoms with E-state index in [1.54, 1.807) is 0 Å². The van der Waals surface area contributed by atoms with Crippen LogP contribution in [0.3, 0.4) is 0 Å². The number of rotatable bonds is 42. The third-order valence-electron chi connectivity index (χ3n) is 29.6. The van der Waals surface area contributed by atoms with Crippen LogP contribution >= 0.6 is 0 Å². The summed E-state index contributed by atoms with van der Waals surface area (Å²) >= 11 is 0. The highest BCUT2D eigenvalue weighted by Crippen LogP contribution is 2.45. The topological polar surface area (TPSA) is 0 Å². The van der Waals surface area contributed by atoms with E-state index in [9.17, 15) is 0 Å². The second kappa shape index (κ2) is 62.1. The molecule has 5 aliphatic rings. The first kappa shape index (κ1) is 107. The fourth-order valence-electron chi connectivity index (χ4n) is 21.2. The quantitative estimate of drug-likeness (QED) is 0.0335. The van der Waals surface area contributed by atoms with E-state index in [0.717, 1.165) is 64.2 Å². The second-order valence-electron chi connectivity index (χ2n) is 39.9. The van der Waals surface area contributed by atoms with Crippen LogP contribution in [0, 0.1) is 32.1 Å². The third kappa shape index (κ3) is 37.2. The fraction of sp³-hybridized carbons (Fsp3) is 0.226. The Kier molecular flexibility index (Phi) is 45.5. The van der Waals surface area contributed by atoms with Crippen LogP contribution in [0.15, 0.2) is 574 Å². The highest BCUT2D eigenvalue weighted by Gasteiger charge is 2.27. The van der Waals surface area contributed by atoms with Crippen LogP contribution in [0.5, 0.6) is 0 Å². The normalized spacial score (nSPS) is 16.8. The van der Waals surface area contributed by atoms with E-state index in [-0.39, 0.29) is 0 Å². The minimum atomic E-state index is 0.453. The molecule has 0 spiro atoms. The van der Waals surface area contributed by atoms with Crippen molar-refractivity contribution in [2.75, 3.05) is 0 Å². The Balaban J connectivity index is 0.000000147. The van der Waals surface area contributed by atoms with Gasteiger partial charge in [0.2, 0.25) is 0 Å². The molecule has 0 heterocycles. The third-order valence-corrected chi connectivity index (χ3v) is 29.6. The van der Waals surface area contributed by atoms with Crippen LogP contribution in [0.25, 0.3) is 0 Å². The molecule has 0 nitrogen and oxygen atoms in total. The largest absolute Gasteiger partial charge is 0.156 e. The van der Waals surface area contributed by atoms with Crippen molar-refractivity contribution in [3.63, 3.8) is 0 Å². The highest BCUT2D eigenvalue weighted by atomic mass is 14.3. The first-order valence-corrected chi connectivity index (χ1v) is 54.2. The molecule has 0 heteroatoms. The maximum absolute atomic E-state index is 2.42. The fourth-order valence-corrected chi connectivity index (χ4v) is 21.2. The summed E-state index contributed by atoms with van der Waals surface area (Å²) in [4.78, 5) is 0. The van der Waals surface area contributed by atoms with Gasteiger partial charge in [-0.15, -0.1) is 154 Å².